The summed E-state index contributed by atoms with van der Waals surface area (Å²) in [7, 11) is 1.95. The highest BCUT2D eigenvalue weighted by atomic mass is 15.3. The van der Waals surface area contributed by atoms with Crippen LogP contribution in [0.2, 0.25) is 0 Å². The van der Waals surface area contributed by atoms with Crippen LogP contribution in [0.3, 0.4) is 0 Å². The summed E-state index contributed by atoms with van der Waals surface area (Å²) in [6.45, 7) is 2.96. The van der Waals surface area contributed by atoms with Crippen LogP contribution in [0.4, 0.5) is 5.69 Å². The molecule has 0 aliphatic carbocycles. The first-order valence-corrected chi connectivity index (χ1v) is 6.29. The van der Waals surface area contributed by atoms with E-state index in [1.165, 1.54) is 11.1 Å². The quantitative estimate of drug-likeness (QED) is 0.869. The van der Waals surface area contributed by atoms with Gasteiger partial charge < -0.3 is 5.73 Å². The Kier molecular flexibility index (Phi) is 2.80. The third kappa shape index (κ3) is 1.99. The molecule has 0 unspecified atom stereocenters. The van der Waals surface area contributed by atoms with Crippen LogP contribution in [0, 0.1) is 0 Å². The molecule has 0 saturated carbocycles. The lowest BCUT2D eigenvalue weighted by Gasteiger charge is -2.28. The van der Waals surface area contributed by atoms with Crippen LogP contribution in [0.15, 0.2) is 30.5 Å². The molecule has 2 N–H and O–H groups in total. The van der Waals surface area contributed by atoms with E-state index in [0.717, 1.165) is 37.4 Å². The second kappa shape index (κ2) is 4.46. The molecule has 2 heterocycles. The van der Waals surface area contributed by atoms with Gasteiger partial charge in [-0.1, -0.05) is 24.3 Å². The molecule has 2 aromatic rings. The van der Waals surface area contributed by atoms with Gasteiger partial charge in [-0.25, -0.2) is 0 Å². The minimum atomic E-state index is 0.788. The zero-order valence-electron chi connectivity index (χ0n) is 10.6. The predicted octanol–water partition coefficient (Wildman–Crippen LogP) is 1.56. The molecule has 3 rings (SSSR count). The molecule has 1 aromatic heterocycles. The van der Waals surface area contributed by atoms with Crippen molar-refractivity contribution in [2.75, 3.05) is 12.3 Å². The number of nitrogen functional groups attached to an aromatic ring is 1. The Morgan fingerprint density at radius 2 is 2.06 bits per heavy atom. The average Bonchev–Trinajstić information content (AvgIpc) is 2.70. The van der Waals surface area contributed by atoms with Crippen LogP contribution >= 0.6 is 0 Å². The molecule has 0 atom stereocenters. The lowest BCUT2D eigenvalue weighted by molar-refractivity contribution is 0.239. The van der Waals surface area contributed by atoms with Crippen LogP contribution < -0.4 is 5.73 Å². The second-order valence-corrected chi connectivity index (χ2v) is 4.90. The van der Waals surface area contributed by atoms with Crippen LogP contribution in [0.1, 0.15) is 16.8 Å². The molecule has 0 radical (unpaired) electrons. The first-order valence-electron chi connectivity index (χ1n) is 6.29. The van der Waals surface area contributed by atoms with Gasteiger partial charge >= 0.3 is 0 Å². The number of anilines is 1. The number of aryl methyl sites for hydroxylation is 1. The van der Waals surface area contributed by atoms with E-state index in [1.807, 2.05) is 11.7 Å². The molecule has 0 bridgehead atoms. The summed E-state index contributed by atoms with van der Waals surface area (Å²) in [6, 6.07) is 8.67. The predicted molar refractivity (Wildman–Crippen MR) is 71.9 cm³/mol. The zero-order chi connectivity index (χ0) is 12.5. The fourth-order valence-electron chi connectivity index (χ4n) is 2.57. The Bertz CT molecular complexity index is 539. The van der Waals surface area contributed by atoms with E-state index >= 15 is 0 Å². The number of nitrogens with zero attached hydrogens (tertiary/aromatic N) is 3. The first-order chi connectivity index (χ1) is 8.74. The molecule has 0 fully saturated rings. The summed E-state index contributed by atoms with van der Waals surface area (Å²) >= 11 is 0. The first kappa shape index (κ1) is 11.3. The monoisotopic (exact) mass is 242 g/mol. The SMILES string of the molecule is Cn1ncc(N)c1CN1CCc2ccccc2C1. The van der Waals surface area contributed by atoms with Gasteiger partial charge in [-0.05, 0) is 17.5 Å². The number of hydrogen-bond acceptors (Lipinski definition) is 3. The number of fused-ring (bicyclic) bond motifs is 1. The molecular formula is C14H18N4. The number of aromatic nitrogens is 2. The number of benzene rings is 1. The van der Waals surface area contributed by atoms with Crippen LogP contribution in [-0.4, -0.2) is 21.2 Å². The van der Waals surface area contributed by atoms with Crippen molar-refractivity contribution in [3.63, 3.8) is 0 Å². The highest BCUT2D eigenvalue weighted by Gasteiger charge is 2.17. The number of nitrogens with two attached hydrogens (primary N) is 1. The molecule has 4 heteroatoms. The zero-order valence-corrected chi connectivity index (χ0v) is 10.6. The van der Waals surface area contributed by atoms with Crippen molar-refractivity contribution in [1.29, 1.82) is 0 Å². The third-order valence-electron chi connectivity index (χ3n) is 3.68. The van der Waals surface area contributed by atoms with Gasteiger partial charge in [0.05, 0.1) is 17.6 Å². The molecule has 1 aromatic carbocycles. The van der Waals surface area contributed by atoms with Crippen LogP contribution in [0.5, 0.6) is 0 Å². The van der Waals surface area contributed by atoms with Crippen molar-refractivity contribution in [2.24, 2.45) is 7.05 Å². The maximum Gasteiger partial charge on any atom is 0.0750 e. The molecule has 0 spiro atoms. The van der Waals surface area contributed by atoms with E-state index in [0.29, 0.717) is 0 Å². The van der Waals surface area contributed by atoms with Gasteiger partial charge in [0.2, 0.25) is 0 Å². The normalized spacial score (nSPS) is 15.6. The second-order valence-electron chi connectivity index (χ2n) is 4.90. The summed E-state index contributed by atoms with van der Waals surface area (Å²) < 4.78 is 1.87. The molecule has 1 aliphatic rings. The maximum atomic E-state index is 5.94. The Morgan fingerprint density at radius 3 is 2.78 bits per heavy atom. The summed E-state index contributed by atoms with van der Waals surface area (Å²) in [5, 5.41) is 4.19. The topological polar surface area (TPSA) is 47.1 Å². The Morgan fingerprint density at radius 1 is 1.28 bits per heavy atom. The van der Waals surface area contributed by atoms with Gasteiger partial charge in [0.1, 0.15) is 0 Å². The van der Waals surface area contributed by atoms with E-state index in [9.17, 15) is 0 Å². The van der Waals surface area contributed by atoms with Gasteiger partial charge in [-0.2, -0.15) is 5.10 Å². The summed E-state index contributed by atoms with van der Waals surface area (Å²) in [4.78, 5) is 2.43. The molecular weight excluding hydrogens is 224 g/mol. The maximum absolute atomic E-state index is 5.94. The van der Waals surface area contributed by atoms with Gasteiger partial charge in [0, 0.05) is 26.7 Å². The summed E-state index contributed by atoms with van der Waals surface area (Å²) in [5.41, 5.74) is 10.8. The van der Waals surface area contributed by atoms with E-state index in [-0.39, 0.29) is 0 Å². The van der Waals surface area contributed by atoms with Gasteiger partial charge in [0.25, 0.3) is 0 Å². The standard InChI is InChI=1S/C14H18N4/c1-17-14(13(15)8-16-17)10-18-7-6-11-4-2-3-5-12(11)9-18/h2-5,8H,6-7,9-10,15H2,1H3. The third-order valence-corrected chi connectivity index (χ3v) is 3.68. The van der Waals surface area contributed by atoms with Crippen LogP contribution in [0.25, 0.3) is 0 Å². The minimum Gasteiger partial charge on any atom is -0.396 e. The Labute approximate surface area is 107 Å². The van der Waals surface area contributed by atoms with E-state index < -0.39 is 0 Å². The molecule has 0 amide bonds. The van der Waals surface area contributed by atoms with Crippen molar-refractivity contribution < 1.29 is 0 Å². The van der Waals surface area contributed by atoms with Crippen molar-refractivity contribution in [1.82, 2.24) is 14.7 Å². The Hall–Kier alpha value is -1.81. The minimum absolute atomic E-state index is 0.788. The summed E-state index contributed by atoms with van der Waals surface area (Å²) in [5.74, 6) is 0. The molecule has 0 saturated heterocycles. The van der Waals surface area contributed by atoms with Crippen LogP contribution in [-0.2, 0) is 26.6 Å². The van der Waals surface area contributed by atoms with Crippen molar-refractivity contribution >= 4 is 5.69 Å². The highest BCUT2D eigenvalue weighted by molar-refractivity contribution is 5.41. The van der Waals surface area contributed by atoms with Crippen molar-refractivity contribution in [2.45, 2.75) is 19.5 Å². The molecule has 4 nitrogen and oxygen atoms in total. The lowest BCUT2D eigenvalue weighted by atomic mass is 10.00. The molecule has 1 aliphatic heterocycles. The highest BCUT2D eigenvalue weighted by Crippen LogP contribution is 2.21. The molecule has 94 valence electrons. The number of hydrogen-bond donors (Lipinski definition) is 1. The lowest BCUT2D eigenvalue weighted by Crippen LogP contribution is -2.31. The van der Waals surface area contributed by atoms with E-state index in [2.05, 4.69) is 34.3 Å². The fraction of sp³-hybridized carbons (Fsp3) is 0.357. The van der Waals surface area contributed by atoms with Gasteiger partial charge in [-0.15, -0.1) is 0 Å². The Balaban J connectivity index is 1.77. The van der Waals surface area contributed by atoms with E-state index in [1.54, 1.807) is 6.20 Å². The molecule has 18 heavy (non-hydrogen) atoms. The van der Waals surface area contributed by atoms with E-state index in [4.69, 9.17) is 5.73 Å². The fourth-order valence-corrected chi connectivity index (χ4v) is 2.57. The average molecular weight is 242 g/mol. The van der Waals surface area contributed by atoms with Gasteiger partial charge in [-0.3, -0.25) is 9.58 Å². The van der Waals surface area contributed by atoms with Crippen molar-refractivity contribution in [3.8, 4) is 0 Å². The summed E-state index contributed by atoms with van der Waals surface area (Å²) in [6.07, 6.45) is 2.85. The van der Waals surface area contributed by atoms with Crippen molar-refractivity contribution in [3.05, 3.63) is 47.3 Å². The number of rotatable bonds is 2. The largest absolute Gasteiger partial charge is 0.396 e. The van der Waals surface area contributed by atoms with Gasteiger partial charge in [0.15, 0.2) is 0 Å². The smallest absolute Gasteiger partial charge is 0.0750 e.